The zero-order valence-corrected chi connectivity index (χ0v) is 15.3. The third kappa shape index (κ3) is 6.83. The molecular weight excluding hydrogens is 346 g/mol. The molecular formula is C15H24N5O2S2+. The fourth-order valence-electron chi connectivity index (χ4n) is 2.26. The number of hydrogen-bond acceptors (Lipinski definition) is 4. The van der Waals surface area contributed by atoms with Crippen molar-refractivity contribution in [2.45, 2.75) is 0 Å². The van der Waals surface area contributed by atoms with Crippen LogP contribution in [0, 0.1) is 0 Å². The average Bonchev–Trinajstić information content (AvgIpc) is 2.61. The first-order valence-electron chi connectivity index (χ1n) is 7.83. The van der Waals surface area contributed by atoms with Gasteiger partial charge in [-0.25, -0.2) is 0 Å². The molecule has 0 bridgehead atoms. The Hall–Kier alpha value is -1.68. The van der Waals surface area contributed by atoms with Gasteiger partial charge in [0.05, 0.1) is 33.4 Å². The van der Waals surface area contributed by atoms with E-state index in [1.165, 1.54) is 4.90 Å². The largest absolute Gasteiger partial charge is 0.497 e. The molecule has 0 amide bonds. The van der Waals surface area contributed by atoms with Gasteiger partial charge in [0, 0.05) is 5.69 Å². The van der Waals surface area contributed by atoms with Gasteiger partial charge >= 0.3 is 0 Å². The Bertz CT molecular complexity index is 535. The molecule has 0 aliphatic carbocycles. The van der Waals surface area contributed by atoms with Crippen LogP contribution in [-0.4, -0.2) is 56.7 Å². The van der Waals surface area contributed by atoms with Crippen LogP contribution < -0.4 is 31.1 Å². The number of thiocarbonyl (C=S) groups is 2. The van der Waals surface area contributed by atoms with Crippen LogP contribution in [0.15, 0.2) is 24.3 Å². The predicted molar refractivity (Wildman–Crippen MR) is 102 cm³/mol. The number of hydrogen-bond donors (Lipinski definition) is 5. The van der Waals surface area contributed by atoms with Crippen LogP contribution in [-0.2, 0) is 4.74 Å². The van der Waals surface area contributed by atoms with Crippen molar-refractivity contribution in [1.82, 2.24) is 16.2 Å². The maximum absolute atomic E-state index is 5.34. The summed E-state index contributed by atoms with van der Waals surface area (Å²) >= 11 is 10.4. The van der Waals surface area contributed by atoms with Crippen LogP contribution in [0.3, 0.4) is 0 Å². The van der Waals surface area contributed by atoms with Crippen molar-refractivity contribution in [3.8, 4) is 5.75 Å². The molecule has 1 saturated heterocycles. The number of anilines is 1. The van der Waals surface area contributed by atoms with Gasteiger partial charge in [-0.05, 0) is 48.7 Å². The molecule has 24 heavy (non-hydrogen) atoms. The number of quaternary nitrogens is 1. The van der Waals surface area contributed by atoms with Crippen LogP contribution >= 0.6 is 24.4 Å². The van der Waals surface area contributed by atoms with Gasteiger partial charge in [-0.3, -0.25) is 10.9 Å². The standard InChI is InChI=1S/C15H23N5O2S2/c1-21-13-4-2-12(3-5-13)17-15(24)19-18-14(23)16-6-7-20-8-10-22-11-9-20/h2-5H,6-11H2,1H3,(H2,16,18,23)(H2,17,19,24)/p+1. The van der Waals surface area contributed by atoms with E-state index in [0.717, 1.165) is 50.8 Å². The van der Waals surface area contributed by atoms with Crippen LogP contribution in [0.1, 0.15) is 0 Å². The number of benzene rings is 1. The fourth-order valence-corrected chi connectivity index (χ4v) is 2.58. The molecule has 5 N–H and O–H groups in total. The molecule has 9 heteroatoms. The van der Waals surface area contributed by atoms with Gasteiger partial charge in [0.1, 0.15) is 18.8 Å². The second kappa shape index (κ2) is 10.2. The quantitative estimate of drug-likeness (QED) is 0.344. The molecule has 1 fully saturated rings. The minimum atomic E-state index is 0.433. The van der Waals surface area contributed by atoms with Gasteiger partial charge < -0.3 is 25.0 Å². The Morgan fingerprint density at radius 2 is 1.79 bits per heavy atom. The van der Waals surface area contributed by atoms with E-state index in [1.807, 2.05) is 24.3 Å². The summed E-state index contributed by atoms with van der Waals surface area (Å²) in [5.74, 6) is 0.797. The Morgan fingerprint density at radius 3 is 2.46 bits per heavy atom. The normalized spacial score (nSPS) is 14.5. The van der Waals surface area contributed by atoms with E-state index in [1.54, 1.807) is 7.11 Å². The van der Waals surface area contributed by atoms with Crippen molar-refractivity contribution in [3.63, 3.8) is 0 Å². The molecule has 1 aromatic carbocycles. The van der Waals surface area contributed by atoms with Crippen LogP contribution in [0.5, 0.6) is 5.75 Å². The summed E-state index contributed by atoms with van der Waals surface area (Å²) in [6, 6.07) is 7.49. The Kier molecular flexibility index (Phi) is 7.96. The summed E-state index contributed by atoms with van der Waals surface area (Å²) in [6.45, 7) is 5.60. The second-order valence-corrected chi connectivity index (χ2v) is 6.12. The van der Waals surface area contributed by atoms with E-state index in [2.05, 4.69) is 21.5 Å². The third-order valence-electron chi connectivity index (χ3n) is 3.60. The van der Waals surface area contributed by atoms with E-state index in [4.69, 9.17) is 33.9 Å². The molecule has 1 heterocycles. The van der Waals surface area contributed by atoms with E-state index in [-0.39, 0.29) is 0 Å². The second-order valence-electron chi connectivity index (χ2n) is 5.30. The molecule has 1 aliphatic rings. The van der Waals surface area contributed by atoms with Crippen molar-refractivity contribution in [2.24, 2.45) is 0 Å². The minimum Gasteiger partial charge on any atom is -0.497 e. The molecule has 0 aromatic heterocycles. The zero-order chi connectivity index (χ0) is 17.2. The SMILES string of the molecule is COc1ccc(NC(=S)NNC(=S)NCC[NH+]2CCOCC2)cc1. The Balaban J connectivity index is 1.59. The van der Waals surface area contributed by atoms with Gasteiger partial charge in [-0.15, -0.1) is 0 Å². The fraction of sp³-hybridized carbons (Fsp3) is 0.467. The first-order chi connectivity index (χ1) is 11.7. The predicted octanol–water partition coefficient (Wildman–Crippen LogP) is -0.724. The molecule has 1 aromatic rings. The summed E-state index contributed by atoms with van der Waals surface area (Å²) in [5, 5.41) is 7.16. The number of ether oxygens (including phenoxy) is 2. The highest BCUT2D eigenvalue weighted by Crippen LogP contribution is 2.14. The van der Waals surface area contributed by atoms with Crippen LogP contribution in [0.25, 0.3) is 0 Å². The van der Waals surface area contributed by atoms with Gasteiger partial charge in [0.25, 0.3) is 0 Å². The summed E-state index contributed by atoms with van der Waals surface area (Å²) in [7, 11) is 1.63. The molecule has 0 radical (unpaired) electrons. The molecule has 0 spiro atoms. The van der Waals surface area contributed by atoms with E-state index in [0.29, 0.717) is 10.2 Å². The number of hydrazine groups is 1. The van der Waals surface area contributed by atoms with Crippen molar-refractivity contribution in [3.05, 3.63) is 24.3 Å². The monoisotopic (exact) mass is 370 g/mol. The van der Waals surface area contributed by atoms with Crippen molar-refractivity contribution >= 4 is 40.3 Å². The van der Waals surface area contributed by atoms with Crippen molar-refractivity contribution in [1.29, 1.82) is 0 Å². The Morgan fingerprint density at radius 1 is 1.12 bits per heavy atom. The summed E-state index contributed by atoms with van der Waals surface area (Å²) in [5.41, 5.74) is 6.59. The molecule has 0 unspecified atom stereocenters. The average molecular weight is 371 g/mol. The number of rotatable bonds is 5. The molecule has 2 rings (SSSR count). The van der Waals surface area contributed by atoms with Crippen LogP contribution in [0.4, 0.5) is 5.69 Å². The molecule has 7 nitrogen and oxygen atoms in total. The lowest BCUT2D eigenvalue weighted by molar-refractivity contribution is -0.906. The summed E-state index contributed by atoms with van der Waals surface area (Å²) < 4.78 is 10.4. The van der Waals surface area contributed by atoms with E-state index < -0.39 is 0 Å². The maximum Gasteiger partial charge on any atom is 0.189 e. The zero-order valence-electron chi connectivity index (χ0n) is 13.7. The van der Waals surface area contributed by atoms with Gasteiger partial charge in [-0.1, -0.05) is 0 Å². The molecule has 0 atom stereocenters. The van der Waals surface area contributed by atoms with Gasteiger partial charge in [0.15, 0.2) is 10.2 Å². The highest BCUT2D eigenvalue weighted by molar-refractivity contribution is 7.80. The highest BCUT2D eigenvalue weighted by Gasteiger charge is 2.12. The van der Waals surface area contributed by atoms with Gasteiger partial charge in [-0.2, -0.15) is 0 Å². The Labute approximate surface area is 153 Å². The lowest BCUT2D eigenvalue weighted by Crippen LogP contribution is -3.14. The maximum atomic E-state index is 5.34. The minimum absolute atomic E-state index is 0.433. The first-order valence-corrected chi connectivity index (χ1v) is 8.65. The van der Waals surface area contributed by atoms with Crippen molar-refractivity contribution < 1.29 is 14.4 Å². The molecule has 0 saturated carbocycles. The number of morpholine rings is 1. The molecule has 132 valence electrons. The summed E-state index contributed by atoms with van der Waals surface area (Å²) in [4.78, 5) is 1.53. The van der Waals surface area contributed by atoms with E-state index in [9.17, 15) is 0 Å². The first kappa shape index (κ1) is 18.7. The smallest absolute Gasteiger partial charge is 0.189 e. The number of nitrogens with one attached hydrogen (secondary N) is 5. The third-order valence-corrected chi connectivity index (χ3v) is 4.05. The number of methoxy groups -OCH3 is 1. The lowest BCUT2D eigenvalue weighted by atomic mass is 10.3. The van der Waals surface area contributed by atoms with Crippen LogP contribution in [0.2, 0.25) is 0 Å². The van der Waals surface area contributed by atoms with Gasteiger partial charge in [0.2, 0.25) is 0 Å². The van der Waals surface area contributed by atoms with Crippen molar-refractivity contribution in [2.75, 3.05) is 51.8 Å². The highest BCUT2D eigenvalue weighted by atomic mass is 32.1. The summed E-state index contributed by atoms with van der Waals surface area (Å²) in [6.07, 6.45) is 0. The topological polar surface area (TPSA) is 71.0 Å². The lowest BCUT2D eigenvalue weighted by Gasteiger charge is -2.24. The molecule has 1 aliphatic heterocycles. The van der Waals surface area contributed by atoms with E-state index >= 15 is 0 Å².